The molecule has 0 aliphatic heterocycles. The number of nitrogen functional groups attached to an aromatic ring is 1. The second-order valence-corrected chi connectivity index (χ2v) is 10.6. The molecule has 4 rings (SSSR count). The highest BCUT2D eigenvalue weighted by molar-refractivity contribution is 7.86. The van der Waals surface area contributed by atoms with Crippen LogP contribution in [-0.2, 0) is 20.2 Å². The van der Waals surface area contributed by atoms with Crippen LogP contribution in [0.3, 0.4) is 0 Å². The van der Waals surface area contributed by atoms with Gasteiger partial charge in [-0.1, -0.05) is 6.07 Å². The molecule has 0 unspecified atom stereocenters. The fraction of sp³-hybridized carbons (Fsp3) is 0.0435. The average Bonchev–Trinajstić information content (AvgIpc) is 2.81. The van der Waals surface area contributed by atoms with Crippen molar-refractivity contribution in [3.8, 4) is 0 Å². The van der Waals surface area contributed by atoms with Crippen LogP contribution in [0.2, 0.25) is 0 Å². The summed E-state index contributed by atoms with van der Waals surface area (Å²) in [5.41, 5.74) is 9.28. The van der Waals surface area contributed by atoms with E-state index in [1.165, 1.54) is 18.2 Å². The monoisotopic (exact) mass is 525 g/mol. The average molecular weight is 526 g/mol. The van der Waals surface area contributed by atoms with Crippen LogP contribution in [0.5, 0.6) is 0 Å². The van der Waals surface area contributed by atoms with Crippen molar-refractivity contribution in [2.24, 2.45) is 20.5 Å². The van der Waals surface area contributed by atoms with E-state index in [1.807, 2.05) is 6.92 Å². The van der Waals surface area contributed by atoms with Gasteiger partial charge < -0.3 is 5.73 Å². The van der Waals surface area contributed by atoms with E-state index < -0.39 is 30.0 Å². The van der Waals surface area contributed by atoms with Crippen LogP contribution in [0, 0.1) is 6.92 Å². The Kier molecular flexibility index (Phi) is 6.65. The summed E-state index contributed by atoms with van der Waals surface area (Å²) in [4.78, 5) is -1.35. The first-order valence-corrected chi connectivity index (χ1v) is 13.1. The highest BCUT2D eigenvalue weighted by atomic mass is 32.2. The minimum atomic E-state index is -4.80. The molecular formula is C23H19N5O6S2. The lowest BCUT2D eigenvalue weighted by Crippen LogP contribution is -2.04. The van der Waals surface area contributed by atoms with Crippen molar-refractivity contribution in [1.82, 2.24) is 0 Å². The molecule has 0 radical (unpaired) electrons. The maximum Gasteiger partial charge on any atom is 0.295 e. The number of azo groups is 2. The predicted molar refractivity (Wildman–Crippen MR) is 134 cm³/mol. The lowest BCUT2D eigenvalue weighted by atomic mass is 10.1. The molecule has 4 N–H and O–H groups in total. The van der Waals surface area contributed by atoms with E-state index >= 15 is 0 Å². The van der Waals surface area contributed by atoms with Crippen LogP contribution in [0.25, 0.3) is 10.8 Å². The van der Waals surface area contributed by atoms with Gasteiger partial charge in [0.2, 0.25) is 0 Å². The summed E-state index contributed by atoms with van der Waals surface area (Å²) in [6.45, 7) is 1.88. The molecule has 0 spiro atoms. The first-order chi connectivity index (χ1) is 16.9. The molecule has 0 saturated heterocycles. The Hall–Kier alpha value is -4.04. The molecule has 0 bridgehead atoms. The summed E-state index contributed by atoms with van der Waals surface area (Å²) in [5, 5.41) is 16.7. The zero-order chi connectivity index (χ0) is 26.1. The van der Waals surface area contributed by atoms with Crippen molar-refractivity contribution in [2.75, 3.05) is 5.73 Å². The van der Waals surface area contributed by atoms with Gasteiger partial charge in [0.1, 0.15) is 4.90 Å². The summed E-state index contributed by atoms with van der Waals surface area (Å²) in [5.74, 6) is 0. The van der Waals surface area contributed by atoms with Gasteiger partial charge >= 0.3 is 0 Å². The van der Waals surface area contributed by atoms with Crippen molar-refractivity contribution in [3.63, 3.8) is 0 Å². The highest BCUT2D eigenvalue weighted by Crippen LogP contribution is 2.31. The maximum absolute atomic E-state index is 11.8. The molecule has 184 valence electrons. The smallest absolute Gasteiger partial charge is 0.295 e. The minimum Gasteiger partial charge on any atom is -0.399 e. The molecular weight excluding hydrogens is 506 g/mol. The number of anilines is 1. The van der Waals surface area contributed by atoms with Crippen LogP contribution in [0.4, 0.5) is 28.4 Å². The summed E-state index contributed by atoms with van der Waals surface area (Å²) >= 11 is 0. The number of nitrogens with two attached hydrogens (primary N) is 1. The molecule has 13 heteroatoms. The van der Waals surface area contributed by atoms with E-state index in [1.54, 1.807) is 42.5 Å². The van der Waals surface area contributed by atoms with Gasteiger partial charge in [-0.3, -0.25) is 9.11 Å². The van der Waals surface area contributed by atoms with Crippen LogP contribution in [0.15, 0.2) is 103 Å². The zero-order valence-corrected chi connectivity index (χ0v) is 20.3. The fourth-order valence-electron chi connectivity index (χ4n) is 3.31. The third kappa shape index (κ3) is 5.78. The number of aryl methyl sites for hydroxylation is 1. The Bertz CT molecular complexity index is 1750. The van der Waals surface area contributed by atoms with Crippen LogP contribution < -0.4 is 5.73 Å². The number of fused-ring (bicyclic) bond motifs is 1. The van der Waals surface area contributed by atoms with E-state index in [-0.39, 0.29) is 16.5 Å². The second-order valence-electron chi connectivity index (χ2n) is 7.74. The zero-order valence-electron chi connectivity index (χ0n) is 18.6. The van der Waals surface area contributed by atoms with Gasteiger partial charge in [0.15, 0.2) is 0 Å². The Morgan fingerprint density at radius 2 is 1.25 bits per heavy atom. The quantitative estimate of drug-likeness (QED) is 0.155. The molecule has 0 aromatic heterocycles. The summed E-state index contributed by atoms with van der Waals surface area (Å²) < 4.78 is 65.5. The fourth-order valence-corrected chi connectivity index (χ4v) is 4.66. The molecule has 0 atom stereocenters. The third-order valence-electron chi connectivity index (χ3n) is 5.07. The molecule has 4 aromatic rings. The van der Waals surface area contributed by atoms with Gasteiger partial charge in [-0.05, 0) is 84.6 Å². The minimum absolute atomic E-state index is 0.00933. The largest absolute Gasteiger partial charge is 0.399 e. The number of nitrogens with zero attached hydrogens (tertiary/aromatic N) is 4. The molecule has 0 heterocycles. The molecule has 0 aliphatic rings. The maximum atomic E-state index is 11.8. The number of benzene rings is 4. The van der Waals surface area contributed by atoms with Gasteiger partial charge in [-0.25, -0.2) is 0 Å². The Balaban J connectivity index is 1.60. The number of rotatable bonds is 6. The van der Waals surface area contributed by atoms with E-state index in [0.717, 1.165) is 11.6 Å². The van der Waals surface area contributed by atoms with Gasteiger partial charge in [-0.15, -0.1) is 0 Å². The summed E-state index contributed by atoms with van der Waals surface area (Å²) in [6.07, 6.45) is 0. The van der Waals surface area contributed by atoms with Gasteiger partial charge in [0.25, 0.3) is 20.2 Å². The van der Waals surface area contributed by atoms with Crippen molar-refractivity contribution >= 4 is 59.4 Å². The normalized spacial score (nSPS) is 12.6. The van der Waals surface area contributed by atoms with Crippen molar-refractivity contribution < 1.29 is 25.9 Å². The molecule has 36 heavy (non-hydrogen) atoms. The van der Waals surface area contributed by atoms with Crippen molar-refractivity contribution in [2.45, 2.75) is 16.7 Å². The van der Waals surface area contributed by atoms with Crippen LogP contribution in [-0.4, -0.2) is 25.9 Å². The first-order valence-electron chi connectivity index (χ1n) is 10.2. The van der Waals surface area contributed by atoms with E-state index in [4.69, 9.17) is 5.73 Å². The van der Waals surface area contributed by atoms with Gasteiger partial charge in [-0.2, -0.15) is 37.3 Å². The number of hydrogen-bond donors (Lipinski definition) is 3. The third-order valence-corrected chi connectivity index (χ3v) is 6.80. The van der Waals surface area contributed by atoms with Crippen molar-refractivity contribution in [3.05, 3.63) is 78.4 Å². The SMILES string of the molecule is Cc1cc(N)ccc1N=Nc1ccc(N=Nc2ccc3cc(S(=O)(=O)O)cc(S(=O)(=O)O)c3c2)cc1. The van der Waals surface area contributed by atoms with Crippen LogP contribution in [0.1, 0.15) is 5.56 Å². The lowest BCUT2D eigenvalue weighted by molar-refractivity contribution is 0.482. The number of hydrogen-bond acceptors (Lipinski definition) is 9. The first kappa shape index (κ1) is 25.1. The molecule has 4 aromatic carbocycles. The predicted octanol–water partition coefficient (Wildman–Crippen LogP) is 6.05. The Morgan fingerprint density at radius 3 is 1.83 bits per heavy atom. The van der Waals surface area contributed by atoms with E-state index in [2.05, 4.69) is 20.5 Å². The van der Waals surface area contributed by atoms with Crippen molar-refractivity contribution in [1.29, 1.82) is 0 Å². The topological polar surface area (TPSA) is 184 Å². The Morgan fingerprint density at radius 1 is 0.667 bits per heavy atom. The molecule has 0 saturated carbocycles. The molecule has 0 fully saturated rings. The van der Waals surface area contributed by atoms with E-state index in [9.17, 15) is 25.9 Å². The molecule has 0 aliphatic carbocycles. The summed E-state index contributed by atoms with van der Waals surface area (Å²) in [7, 11) is -9.50. The van der Waals surface area contributed by atoms with Crippen LogP contribution >= 0.6 is 0 Å². The second kappa shape index (κ2) is 9.54. The van der Waals surface area contributed by atoms with E-state index in [0.29, 0.717) is 28.8 Å². The highest BCUT2D eigenvalue weighted by Gasteiger charge is 2.20. The van der Waals surface area contributed by atoms with Gasteiger partial charge in [0, 0.05) is 11.1 Å². The summed E-state index contributed by atoms with van der Waals surface area (Å²) in [6, 6.07) is 18.0. The molecule has 11 nitrogen and oxygen atoms in total. The molecule has 0 amide bonds. The lowest BCUT2D eigenvalue weighted by Gasteiger charge is -2.07. The standard InChI is InChI=1S/C23H19N5O6S2/c1-14-10-16(24)3-9-22(14)28-26-18-7-5-17(6-8-18)25-27-19-4-2-15-11-20(35(29,30)31)13-23(21(15)12-19)36(32,33)34/h2-13H,24H2,1H3,(H,29,30,31)(H,32,33,34). The Labute approximate surface area is 206 Å². The van der Waals surface area contributed by atoms with Gasteiger partial charge in [0.05, 0.1) is 27.6 Å².